The van der Waals surface area contributed by atoms with Crippen LogP contribution in [0.15, 0.2) is 30.5 Å². The lowest BCUT2D eigenvalue weighted by molar-refractivity contribution is -0.129. The summed E-state index contributed by atoms with van der Waals surface area (Å²) < 4.78 is 0. The molecule has 0 saturated carbocycles. The quantitative estimate of drug-likeness (QED) is 0.576. The van der Waals surface area contributed by atoms with Gasteiger partial charge in [-0.1, -0.05) is 6.08 Å². The number of hydrogen-bond donors (Lipinski definition) is 2. The Hall–Kier alpha value is -2.90. The summed E-state index contributed by atoms with van der Waals surface area (Å²) in [4.78, 5) is 17.5. The summed E-state index contributed by atoms with van der Waals surface area (Å²) in [7, 11) is 0. The Labute approximate surface area is 128 Å². The summed E-state index contributed by atoms with van der Waals surface area (Å²) in [6, 6.07) is 7.05. The SMILES string of the molecule is N#Cc1ccc(NCCNCC(=O)N2CC=CC2C#N)nc1. The summed E-state index contributed by atoms with van der Waals surface area (Å²) in [5, 5.41) is 23.7. The first-order valence-corrected chi connectivity index (χ1v) is 6.91. The molecule has 0 fully saturated rings. The number of anilines is 1. The van der Waals surface area contributed by atoms with Gasteiger partial charge in [0.25, 0.3) is 0 Å². The van der Waals surface area contributed by atoms with Crippen LogP contribution < -0.4 is 10.6 Å². The monoisotopic (exact) mass is 296 g/mol. The van der Waals surface area contributed by atoms with Crippen molar-refractivity contribution in [3.8, 4) is 12.1 Å². The van der Waals surface area contributed by atoms with Crippen molar-refractivity contribution < 1.29 is 4.79 Å². The predicted octanol–water partition coefficient (Wildman–Crippen LogP) is 0.245. The summed E-state index contributed by atoms with van der Waals surface area (Å²) in [5.74, 6) is 0.591. The second-order valence-electron chi connectivity index (χ2n) is 4.70. The molecule has 22 heavy (non-hydrogen) atoms. The van der Waals surface area contributed by atoms with E-state index in [1.165, 1.54) is 11.1 Å². The molecule has 0 radical (unpaired) electrons. The average Bonchev–Trinajstić information content (AvgIpc) is 3.03. The molecule has 1 atom stereocenters. The van der Waals surface area contributed by atoms with Crippen LogP contribution in [0.3, 0.4) is 0 Å². The van der Waals surface area contributed by atoms with E-state index < -0.39 is 6.04 Å². The highest BCUT2D eigenvalue weighted by Crippen LogP contribution is 2.08. The zero-order chi connectivity index (χ0) is 15.8. The highest BCUT2D eigenvalue weighted by molar-refractivity contribution is 5.79. The molecule has 1 aliphatic rings. The van der Waals surface area contributed by atoms with Crippen LogP contribution in [0, 0.1) is 22.7 Å². The molecule has 1 aliphatic heterocycles. The number of pyridine rings is 1. The topological polar surface area (TPSA) is 105 Å². The third-order valence-corrected chi connectivity index (χ3v) is 3.19. The van der Waals surface area contributed by atoms with E-state index in [4.69, 9.17) is 10.5 Å². The van der Waals surface area contributed by atoms with E-state index in [1.807, 2.05) is 12.1 Å². The van der Waals surface area contributed by atoms with Gasteiger partial charge in [0.1, 0.15) is 17.9 Å². The van der Waals surface area contributed by atoms with Crippen molar-refractivity contribution in [2.45, 2.75) is 6.04 Å². The minimum Gasteiger partial charge on any atom is -0.369 e. The number of nitrogens with zero attached hydrogens (tertiary/aromatic N) is 4. The predicted molar refractivity (Wildman–Crippen MR) is 80.6 cm³/mol. The van der Waals surface area contributed by atoms with Crippen LogP contribution in [0.25, 0.3) is 0 Å². The van der Waals surface area contributed by atoms with E-state index in [2.05, 4.69) is 21.7 Å². The van der Waals surface area contributed by atoms with Gasteiger partial charge in [-0.05, 0) is 18.2 Å². The maximum absolute atomic E-state index is 11.9. The van der Waals surface area contributed by atoms with Crippen LogP contribution in [0.1, 0.15) is 5.56 Å². The zero-order valence-corrected chi connectivity index (χ0v) is 12.0. The molecule has 1 unspecified atom stereocenters. The fourth-order valence-electron chi connectivity index (χ4n) is 2.03. The second-order valence-corrected chi connectivity index (χ2v) is 4.70. The molecular weight excluding hydrogens is 280 g/mol. The lowest BCUT2D eigenvalue weighted by Gasteiger charge is -2.19. The molecule has 0 aromatic carbocycles. The molecule has 7 heteroatoms. The van der Waals surface area contributed by atoms with Gasteiger partial charge in [-0.25, -0.2) is 4.98 Å². The highest BCUT2D eigenvalue weighted by Gasteiger charge is 2.23. The fourth-order valence-corrected chi connectivity index (χ4v) is 2.03. The van der Waals surface area contributed by atoms with Gasteiger partial charge in [-0.2, -0.15) is 10.5 Å². The number of nitriles is 2. The first-order chi connectivity index (χ1) is 10.7. The molecule has 2 heterocycles. The molecule has 0 bridgehead atoms. The van der Waals surface area contributed by atoms with Crippen LogP contribution >= 0.6 is 0 Å². The Morgan fingerprint density at radius 3 is 2.95 bits per heavy atom. The Kier molecular flexibility index (Phi) is 5.47. The molecule has 1 amide bonds. The molecule has 0 saturated heterocycles. The van der Waals surface area contributed by atoms with E-state index in [9.17, 15) is 4.79 Å². The smallest absolute Gasteiger partial charge is 0.238 e. The fraction of sp³-hybridized carbons (Fsp3) is 0.333. The first-order valence-electron chi connectivity index (χ1n) is 6.91. The number of rotatable bonds is 6. The van der Waals surface area contributed by atoms with Crippen LogP contribution in [-0.2, 0) is 4.79 Å². The molecule has 1 aromatic rings. The minimum atomic E-state index is -0.449. The van der Waals surface area contributed by atoms with Gasteiger partial charge in [0.2, 0.25) is 5.91 Å². The standard InChI is InChI=1S/C15H16N6O/c16-8-12-3-4-14(20-10-12)19-6-5-18-11-15(22)21-7-1-2-13(21)9-17/h1-4,10,13,18H,5-7,11H2,(H,19,20). The van der Waals surface area contributed by atoms with E-state index in [0.717, 1.165) is 0 Å². The summed E-state index contributed by atoms with van der Waals surface area (Å²) in [6.45, 7) is 1.88. The van der Waals surface area contributed by atoms with Gasteiger partial charge in [0.05, 0.1) is 18.2 Å². The van der Waals surface area contributed by atoms with E-state index in [-0.39, 0.29) is 12.5 Å². The molecule has 2 rings (SSSR count). The molecule has 7 nitrogen and oxygen atoms in total. The average molecular weight is 296 g/mol. The van der Waals surface area contributed by atoms with Gasteiger partial charge in [0.15, 0.2) is 0 Å². The van der Waals surface area contributed by atoms with Crippen molar-refractivity contribution in [2.75, 3.05) is 31.5 Å². The normalized spacial score (nSPS) is 16.1. The van der Waals surface area contributed by atoms with Crippen LogP contribution in [0.4, 0.5) is 5.82 Å². The van der Waals surface area contributed by atoms with Crippen LogP contribution in [-0.4, -0.2) is 48.0 Å². The maximum atomic E-state index is 11.9. The number of nitrogens with one attached hydrogen (secondary N) is 2. The first kappa shape index (κ1) is 15.5. The third kappa shape index (κ3) is 4.05. The number of aromatic nitrogens is 1. The van der Waals surface area contributed by atoms with Gasteiger partial charge in [-0.3, -0.25) is 4.79 Å². The second kappa shape index (κ2) is 7.77. The Balaban J connectivity index is 1.64. The van der Waals surface area contributed by atoms with Crippen molar-refractivity contribution in [2.24, 2.45) is 0 Å². The van der Waals surface area contributed by atoms with Crippen molar-refractivity contribution in [1.82, 2.24) is 15.2 Å². The van der Waals surface area contributed by atoms with Gasteiger partial charge >= 0.3 is 0 Å². The summed E-state index contributed by atoms with van der Waals surface area (Å²) in [6.07, 6.45) is 5.06. The Morgan fingerprint density at radius 1 is 1.41 bits per heavy atom. The molecule has 0 aliphatic carbocycles. The van der Waals surface area contributed by atoms with Gasteiger partial charge < -0.3 is 15.5 Å². The Morgan fingerprint density at radius 2 is 2.27 bits per heavy atom. The molecule has 1 aromatic heterocycles. The third-order valence-electron chi connectivity index (χ3n) is 3.19. The molecular formula is C15H16N6O. The van der Waals surface area contributed by atoms with Crippen molar-refractivity contribution >= 4 is 11.7 Å². The van der Waals surface area contributed by atoms with Crippen molar-refractivity contribution in [3.63, 3.8) is 0 Å². The van der Waals surface area contributed by atoms with Crippen LogP contribution in [0.5, 0.6) is 0 Å². The lowest BCUT2D eigenvalue weighted by Crippen LogP contribution is -2.41. The summed E-state index contributed by atoms with van der Waals surface area (Å²) >= 11 is 0. The number of amides is 1. The molecule has 0 spiro atoms. The minimum absolute atomic E-state index is 0.0898. The Bertz CT molecular complexity index is 625. The number of hydrogen-bond acceptors (Lipinski definition) is 6. The highest BCUT2D eigenvalue weighted by atomic mass is 16.2. The maximum Gasteiger partial charge on any atom is 0.238 e. The largest absolute Gasteiger partial charge is 0.369 e. The van der Waals surface area contributed by atoms with Crippen molar-refractivity contribution in [3.05, 3.63) is 36.0 Å². The zero-order valence-electron chi connectivity index (χ0n) is 12.0. The number of carbonyl (C=O) groups excluding carboxylic acids is 1. The van der Waals surface area contributed by atoms with Gasteiger partial charge in [-0.15, -0.1) is 0 Å². The van der Waals surface area contributed by atoms with E-state index in [0.29, 0.717) is 31.0 Å². The molecule has 2 N–H and O–H groups in total. The van der Waals surface area contributed by atoms with Crippen molar-refractivity contribution in [1.29, 1.82) is 10.5 Å². The number of carbonyl (C=O) groups is 1. The lowest BCUT2D eigenvalue weighted by atomic mass is 10.3. The van der Waals surface area contributed by atoms with E-state index in [1.54, 1.807) is 18.2 Å². The summed E-state index contributed by atoms with van der Waals surface area (Å²) in [5.41, 5.74) is 0.514. The molecule has 112 valence electrons. The van der Waals surface area contributed by atoms with E-state index >= 15 is 0 Å². The van der Waals surface area contributed by atoms with Gasteiger partial charge in [0, 0.05) is 25.8 Å². The van der Waals surface area contributed by atoms with Crippen LogP contribution in [0.2, 0.25) is 0 Å².